The second-order valence-electron chi connectivity index (χ2n) is 9.39. The van der Waals surface area contributed by atoms with Crippen LogP contribution in [0.1, 0.15) is 45.6 Å². The lowest BCUT2D eigenvalue weighted by Gasteiger charge is -2.41. The molecule has 3 unspecified atom stereocenters. The molecule has 9 nitrogen and oxygen atoms in total. The highest BCUT2D eigenvalue weighted by Crippen LogP contribution is 2.30. The van der Waals surface area contributed by atoms with Crippen LogP contribution in [0.4, 0.5) is 9.59 Å². The number of nitriles is 1. The van der Waals surface area contributed by atoms with Crippen molar-refractivity contribution in [1.29, 1.82) is 5.26 Å². The normalized spacial score (nSPS) is 21.5. The summed E-state index contributed by atoms with van der Waals surface area (Å²) in [5, 5.41) is 21.2. The number of alkyl carbamates (subject to hydrolysis) is 1. The molecule has 2 heterocycles. The maximum atomic E-state index is 12.4. The summed E-state index contributed by atoms with van der Waals surface area (Å²) < 4.78 is 11.3. The number of benzene rings is 1. The van der Waals surface area contributed by atoms with E-state index < -0.39 is 17.8 Å². The van der Waals surface area contributed by atoms with Crippen LogP contribution in [-0.4, -0.2) is 77.1 Å². The van der Waals surface area contributed by atoms with Gasteiger partial charge in [-0.15, -0.1) is 0 Å². The Balaban J connectivity index is 1.61. The van der Waals surface area contributed by atoms with Crippen LogP contribution >= 0.6 is 0 Å². The lowest BCUT2D eigenvalue weighted by atomic mass is 10.1. The molecule has 2 N–H and O–H groups in total. The zero-order valence-electron chi connectivity index (χ0n) is 18.9. The van der Waals surface area contributed by atoms with Gasteiger partial charge in [-0.25, -0.2) is 9.59 Å². The molecule has 9 heteroatoms. The summed E-state index contributed by atoms with van der Waals surface area (Å²) in [5.74, 6) is 0.662. The molecule has 2 aliphatic heterocycles. The maximum Gasteiger partial charge on any atom is 0.407 e. The van der Waals surface area contributed by atoms with Gasteiger partial charge >= 0.3 is 12.2 Å². The van der Waals surface area contributed by atoms with Gasteiger partial charge in [-0.05, 0) is 57.9 Å². The van der Waals surface area contributed by atoms with Gasteiger partial charge in [0.05, 0.1) is 18.2 Å². The molecule has 0 saturated carbocycles. The predicted molar refractivity (Wildman–Crippen MR) is 118 cm³/mol. The van der Waals surface area contributed by atoms with Gasteiger partial charge in [-0.3, -0.25) is 4.90 Å². The van der Waals surface area contributed by atoms with Crippen LogP contribution in [0.5, 0.6) is 5.75 Å². The molecule has 3 atom stereocenters. The second-order valence-corrected chi connectivity index (χ2v) is 9.39. The van der Waals surface area contributed by atoms with Crippen LogP contribution in [0.3, 0.4) is 0 Å². The molecule has 1 aromatic rings. The molecular weight excluding hydrogens is 412 g/mol. The van der Waals surface area contributed by atoms with Crippen molar-refractivity contribution >= 4 is 12.2 Å². The number of carboxylic acid groups (broad SMARTS) is 1. The molecule has 0 radical (unpaired) electrons. The summed E-state index contributed by atoms with van der Waals surface area (Å²) in [6.45, 7) is 7.44. The number of ether oxygens (including phenoxy) is 2. The highest BCUT2D eigenvalue weighted by Gasteiger charge is 2.42. The standard InChI is InChI=1S/C23H32N4O5/c1-23(2,3)32-21(28)25-17(10-11-31-20-8-4-16(12-24)5-9-20)13-27-18-6-7-19(27)15-26(14-18)22(29)30/h4-5,8-9,17-19H,6-7,10-11,13-15H2,1-3H3,(H,25,28)(H,29,30). The average molecular weight is 445 g/mol. The Hall–Kier alpha value is -2.99. The van der Waals surface area contributed by atoms with Crippen LogP contribution in [0.2, 0.25) is 0 Å². The van der Waals surface area contributed by atoms with Crippen molar-refractivity contribution in [3.05, 3.63) is 29.8 Å². The number of likely N-dealkylation sites (tertiary alicyclic amines) is 1. The summed E-state index contributed by atoms with van der Waals surface area (Å²) >= 11 is 0. The molecule has 2 bridgehead atoms. The Morgan fingerprint density at radius 1 is 1.22 bits per heavy atom. The van der Waals surface area contributed by atoms with E-state index in [0.29, 0.717) is 44.0 Å². The number of piperazine rings is 1. The number of nitrogens with zero attached hydrogens (tertiary/aromatic N) is 3. The summed E-state index contributed by atoms with van der Waals surface area (Å²) in [7, 11) is 0. The SMILES string of the molecule is CC(C)(C)OC(=O)NC(CCOc1ccc(C#N)cc1)CN1C2CCC1CN(C(=O)O)C2. The molecule has 32 heavy (non-hydrogen) atoms. The van der Waals surface area contributed by atoms with Gasteiger partial charge in [-0.2, -0.15) is 5.26 Å². The Labute approximate surface area is 188 Å². The number of hydrogen-bond donors (Lipinski definition) is 2. The minimum atomic E-state index is -0.874. The summed E-state index contributed by atoms with van der Waals surface area (Å²) in [6.07, 6.45) is 1.13. The lowest BCUT2D eigenvalue weighted by molar-refractivity contribution is 0.0395. The average Bonchev–Trinajstić information content (AvgIpc) is 2.94. The van der Waals surface area contributed by atoms with Crippen LogP contribution in [0.25, 0.3) is 0 Å². The number of nitrogens with one attached hydrogen (secondary N) is 1. The zero-order chi connectivity index (χ0) is 23.3. The number of rotatable bonds is 7. The highest BCUT2D eigenvalue weighted by atomic mass is 16.6. The quantitative estimate of drug-likeness (QED) is 0.664. The molecular formula is C23H32N4O5. The Morgan fingerprint density at radius 2 is 1.84 bits per heavy atom. The first-order valence-corrected chi connectivity index (χ1v) is 11.0. The Bertz CT molecular complexity index is 831. The molecule has 0 spiro atoms. The van der Waals surface area contributed by atoms with Gasteiger partial charge in [0.2, 0.25) is 0 Å². The van der Waals surface area contributed by atoms with Crippen molar-refractivity contribution < 1.29 is 24.2 Å². The number of amides is 2. The topological polar surface area (TPSA) is 115 Å². The largest absolute Gasteiger partial charge is 0.494 e. The fourth-order valence-electron chi connectivity index (χ4n) is 4.33. The maximum absolute atomic E-state index is 12.4. The molecule has 2 fully saturated rings. The van der Waals surface area contributed by atoms with Gasteiger partial charge in [0.15, 0.2) is 0 Å². The monoisotopic (exact) mass is 444 g/mol. The second kappa shape index (κ2) is 10.1. The van der Waals surface area contributed by atoms with Gasteiger partial charge in [0, 0.05) is 44.2 Å². The Morgan fingerprint density at radius 3 is 2.38 bits per heavy atom. The van der Waals surface area contributed by atoms with Crippen LogP contribution < -0.4 is 10.1 Å². The van der Waals surface area contributed by atoms with E-state index in [-0.39, 0.29) is 18.1 Å². The first kappa shape index (κ1) is 23.7. The molecule has 2 aliphatic rings. The lowest BCUT2D eigenvalue weighted by Crippen LogP contribution is -2.58. The number of carbonyl (C=O) groups is 2. The van der Waals surface area contributed by atoms with E-state index in [1.807, 2.05) is 20.8 Å². The molecule has 0 aliphatic carbocycles. The van der Waals surface area contributed by atoms with Gasteiger partial charge in [0.25, 0.3) is 0 Å². The van der Waals surface area contributed by atoms with Crippen molar-refractivity contribution in [2.24, 2.45) is 0 Å². The minimum absolute atomic E-state index is 0.159. The van der Waals surface area contributed by atoms with E-state index in [0.717, 1.165) is 12.8 Å². The highest BCUT2D eigenvalue weighted by molar-refractivity contribution is 5.68. The number of fused-ring (bicyclic) bond motifs is 2. The van der Waals surface area contributed by atoms with Crippen molar-refractivity contribution in [3.63, 3.8) is 0 Å². The van der Waals surface area contributed by atoms with Gasteiger partial charge in [-0.1, -0.05) is 0 Å². The van der Waals surface area contributed by atoms with E-state index >= 15 is 0 Å². The fourth-order valence-corrected chi connectivity index (χ4v) is 4.33. The summed E-state index contributed by atoms with van der Waals surface area (Å²) in [6, 6.07) is 9.09. The zero-order valence-corrected chi connectivity index (χ0v) is 18.9. The number of carbonyl (C=O) groups excluding carboxylic acids is 1. The first-order chi connectivity index (χ1) is 15.1. The third-order valence-electron chi connectivity index (χ3n) is 5.77. The van der Waals surface area contributed by atoms with Gasteiger partial charge < -0.3 is 24.8 Å². The van der Waals surface area contributed by atoms with Crippen LogP contribution in [-0.2, 0) is 4.74 Å². The Kier molecular flexibility index (Phi) is 7.46. The van der Waals surface area contributed by atoms with Gasteiger partial charge in [0.1, 0.15) is 11.4 Å². The first-order valence-electron chi connectivity index (χ1n) is 11.0. The van der Waals surface area contributed by atoms with Crippen molar-refractivity contribution in [1.82, 2.24) is 15.1 Å². The van der Waals surface area contributed by atoms with E-state index in [2.05, 4.69) is 16.3 Å². The molecule has 2 amide bonds. The molecule has 1 aromatic carbocycles. The predicted octanol–water partition coefficient (Wildman–Crippen LogP) is 3.05. The van der Waals surface area contributed by atoms with Crippen LogP contribution in [0, 0.1) is 11.3 Å². The minimum Gasteiger partial charge on any atom is -0.494 e. The number of hydrogen-bond acceptors (Lipinski definition) is 6. The molecule has 2 saturated heterocycles. The van der Waals surface area contributed by atoms with E-state index in [4.69, 9.17) is 14.7 Å². The third-order valence-corrected chi connectivity index (χ3v) is 5.77. The third kappa shape index (κ3) is 6.50. The van der Waals surface area contributed by atoms with Crippen molar-refractivity contribution in [3.8, 4) is 11.8 Å². The van der Waals surface area contributed by atoms with E-state index in [9.17, 15) is 14.7 Å². The van der Waals surface area contributed by atoms with Crippen molar-refractivity contribution in [2.75, 3.05) is 26.2 Å². The fraction of sp³-hybridized carbons (Fsp3) is 0.609. The smallest absolute Gasteiger partial charge is 0.407 e. The molecule has 0 aromatic heterocycles. The van der Waals surface area contributed by atoms with Crippen molar-refractivity contribution in [2.45, 2.75) is 63.8 Å². The summed E-state index contributed by atoms with van der Waals surface area (Å²) in [4.78, 5) is 27.6. The molecule has 3 rings (SSSR count). The van der Waals surface area contributed by atoms with E-state index in [1.54, 1.807) is 24.3 Å². The molecule has 174 valence electrons. The summed E-state index contributed by atoms with van der Waals surface area (Å²) in [5.41, 5.74) is -0.0301. The van der Waals surface area contributed by atoms with Crippen LogP contribution in [0.15, 0.2) is 24.3 Å². The van der Waals surface area contributed by atoms with E-state index in [1.165, 1.54) is 4.90 Å².